The molecular weight excluding hydrogens is 391 g/mol. The minimum Gasteiger partial charge on any atom is -0.339 e. The second-order valence-electron chi connectivity index (χ2n) is 8.17. The van der Waals surface area contributed by atoms with Crippen molar-refractivity contribution in [2.45, 2.75) is 44.1 Å². The van der Waals surface area contributed by atoms with E-state index in [1.54, 1.807) is 16.8 Å². The largest absolute Gasteiger partial charge is 0.339 e. The molecule has 1 aromatic carbocycles. The predicted octanol–water partition coefficient (Wildman–Crippen LogP) is 3.30. The lowest BCUT2D eigenvalue weighted by Crippen LogP contribution is -2.45. The number of halogens is 2. The number of aromatic nitrogens is 2. The molecule has 2 heterocycles. The monoisotopic (exact) mass is 420 g/mol. The quantitative estimate of drug-likeness (QED) is 0.780. The maximum atomic E-state index is 13.6. The van der Waals surface area contributed by atoms with Crippen LogP contribution in [-0.2, 0) is 18.3 Å². The molecule has 0 unspecified atom stereocenters. The van der Waals surface area contributed by atoms with E-state index in [2.05, 4.69) is 15.3 Å². The molecule has 2 fully saturated rings. The standard InChI is InChI=1S/C22H29FN4O.ClH/c1-26-15-17(12-25-26)20-13-24-14-21(20)22(28)27(19-7-2-3-8-19)10-9-16-5-4-6-18(23)11-16;/h4-6,11-12,15,19-21,24H,2-3,7-10,13-14H2,1H3;1H/t20-,21+;/m1./s1. The second-order valence-corrected chi connectivity index (χ2v) is 8.17. The number of carbonyl (C=O) groups excluding carboxylic acids is 1. The van der Waals surface area contributed by atoms with E-state index >= 15 is 0 Å². The van der Waals surface area contributed by atoms with Gasteiger partial charge in [0, 0.05) is 44.8 Å². The van der Waals surface area contributed by atoms with Crippen molar-refractivity contribution in [3.8, 4) is 0 Å². The Hall–Kier alpha value is -1.92. The maximum Gasteiger partial charge on any atom is 0.227 e. The molecule has 1 saturated carbocycles. The minimum absolute atomic E-state index is 0. The summed E-state index contributed by atoms with van der Waals surface area (Å²) in [6.45, 7) is 2.18. The predicted molar refractivity (Wildman–Crippen MR) is 114 cm³/mol. The molecule has 1 aliphatic heterocycles. The second kappa shape index (κ2) is 9.72. The van der Waals surface area contributed by atoms with E-state index in [1.165, 1.54) is 18.9 Å². The summed E-state index contributed by atoms with van der Waals surface area (Å²) in [5, 5.41) is 7.69. The molecule has 1 amide bonds. The first-order chi connectivity index (χ1) is 13.6. The Labute approximate surface area is 178 Å². The van der Waals surface area contributed by atoms with Crippen molar-refractivity contribution < 1.29 is 9.18 Å². The molecule has 2 aliphatic rings. The normalized spacial score (nSPS) is 21.9. The fourth-order valence-corrected chi connectivity index (χ4v) is 4.76. The van der Waals surface area contributed by atoms with E-state index in [0.717, 1.165) is 30.5 Å². The van der Waals surface area contributed by atoms with Crippen LogP contribution in [0.1, 0.15) is 42.7 Å². The van der Waals surface area contributed by atoms with Crippen LogP contribution in [0.3, 0.4) is 0 Å². The molecule has 4 rings (SSSR count). The zero-order valence-corrected chi connectivity index (χ0v) is 17.7. The molecular formula is C22H30ClFN4O. The zero-order valence-electron chi connectivity index (χ0n) is 16.9. The first-order valence-electron chi connectivity index (χ1n) is 10.4. The number of carbonyl (C=O) groups is 1. The van der Waals surface area contributed by atoms with Gasteiger partial charge in [-0.1, -0.05) is 25.0 Å². The van der Waals surface area contributed by atoms with Gasteiger partial charge in [-0.3, -0.25) is 9.48 Å². The number of hydrogen-bond donors (Lipinski definition) is 1. The van der Waals surface area contributed by atoms with Crippen LogP contribution in [0.2, 0.25) is 0 Å². The van der Waals surface area contributed by atoms with Gasteiger partial charge in [-0.05, 0) is 42.5 Å². The van der Waals surface area contributed by atoms with Crippen LogP contribution in [0, 0.1) is 11.7 Å². The van der Waals surface area contributed by atoms with Crippen molar-refractivity contribution >= 4 is 18.3 Å². The van der Waals surface area contributed by atoms with Crippen molar-refractivity contribution in [1.29, 1.82) is 0 Å². The Morgan fingerprint density at radius 2 is 2.10 bits per heavy atom. The van der Waals surface area contributed by atoms with E-state index in [-0.39, 0.29) is 36.0 Å². The molecule has 1 saturated heterocycles. The van der Waals surface area contributed by atoms with Crippen LogP contribution in [0.4, 0.5) is 4.39 Å². The van der Waals surface area contributed by atoms with Crippen molar-refractivity contribution in [3.63, 3.8) is 0 Å². The molecule has 2 atom stereocenters. The number of rotatable bonds is 6. The number of aryl methyl sites for hydroxylation is 1. The molecule has 0 bridgehead atoms. The summed E-state index contributed by atoms with van der Waals surface area (Å²) in [7, 11) is 1.91. The van der Waals surface area contributed by atoms with Gasteiger partial charge in [-0.15, -0.1) is 12.4 Å². The van der Waals surface area contributed by atoms with Gasteiger partial charge in [-0.25, -0.2) is 4.39 Å². The summed E-state index contributed by atoms with van der Waals surface area (Å²) in [6, 6.07) is 7.04. The number of amides is 1. The van der Waals surface area contributed by atoms with E-state index < -0.39 is 0 Å². The van der Waals surface area contributed by atoms with E-state index in [4.69, 9.17) is 0 Å². The average molecular weight is 421 g/mol. The van der Waals surface area contributed by atoms with Crippen molar-refractivity contribution in [1.82, 2.24) is 20.0 Å². The van der Waals surface area contributed by atoms with Gasteiger partial charge in [0.25, 0.3) is 0 Å². The summed E-state index contributed by atoms with van der Waals surface area (Å²) in [4.78, 5) is 15.7. The fourth-order valence-electron chi connectivity index (χ4n) is 4.76. The van der Waals surface area contributed by atoms with E-state index in [0.29, 0.717) is 25.6 Å². The van der Waals surface area contributed by atoms with Gasteiger partial charge in [0.05, 0.1) is 12.1 Å². The summed E-state index contributed by atoms with van der Waals surface area (Å²) >= 11 is 0. The summed E-state index contributed by atoms with van der Waals surface area (Å²) in [5.41, 5.74) is 2.08. The Kier molecular flexibility index (Phi) is 7.30. The van der Waals surface area contributed by atoms with Crippen molar-refractivity contribution in [2.75, 3.05) is 19.6 Å². The number of nitrogens with one attached hydrogen (secondary N) is 1. The van der Waals surface area contributed by atoms with Crippen molar-refractivity contribution in [3.05, 3.63) is 53.6 Å². The highest BCUT2D eigenvalue weighted by atomic mass is 35.5. The maximum absolute atomic E-state index is 13.6. The molecule has 1 N–H and O–H groups in total. The van der Waals surface area contributed by atoms with Crippen LogP contribution in [0.5, 0.6) is 0 Å². The topological polar surface area (TPSA) is 50.2 Å². The van der Waals surface area contributed by atoms with Crippen LogP contribution in [-0.4, -0.2) is 46.3 Å². The molecule has 158 valence electrons. The van der Waals surface area contributed by atoms with Gasteiger partial charge >= 0.3 is 0 Å². The third-order valence-electron chi connectivity index (χ3n) is 6.26. The molecule has 5 nitrogen and oxygen atoms in total. The summed E-state index contributed by atoms with van der Waals surface area (Å²) < 4.78 is 15.3. The zero-order chi connectivity index (χ0) is 19.5. The van der Waals surface area contributed by atoms with Gasteiger partial charge in [0.15, 0.2) is 0 Å². The molecule has 0 radical (unpaired) electrons. The van der Waals surface area contributed by atoms with Crippen LogP contribution >= 0.6 is 12.4 Å². The Morgan fingerprint density at radius 1 is 1.31 bits per heavy atom. The van der Waals surface area contributed by atoms with Gasteiger partial charge in [-0.2, -0.15) is 5.10 Å². The minimum atomic E-state index is -0.215. The van der Waals surface area contributed by atoms with Crippen molar-refractivity contribution in [2.24, 2.45) is 13.0 Å². The molecule has 2 aromatic rings. The van der Waals surface area contributed by atoms with E-state index in [1.807, 2.05) is 25.5 Å². The molecule has 1 aromatic heterocycles. The highest BCUT2D eigenvalue weighted by Gasteiger charge is 2.39. The lowest BCUT2D eigenvalue weighted by Gasteiger charge is -2.33. The lowest BCUT2D eigenvalue weighted by molar-refractivity contribution is -0.137. The molecule has 29 heavy (non-hydrogen) atoms. The third kappa shape index (κ3) is 4.98. The van der Waals surface area contributed by atoms with E-state index in [9.17, 15) is 9.18 Å². The first-order valence-corrected chi connectivity index (χ1v) is 10.4. The third-order valence-corrected chi connectivity index (χ3v) is 6.26. The summed E-state index contributed by atoms with van der Waals surface area (Å²) in [5.74, 6) is 0.131. The SMILES string of the molecule is Cl.Cn1cc([C@H]2CNC[C@@H]2C(=O)N(CCc2cccc(F)c2)C2CCCC2)cn1. The van der Waals surface area contributed by atoms with Crippen LogP contribution < -0.4 is 5.32 Å². The number of nitrogens with zero attached hydrogens (tertiary/aromatic N) is 3. The number of benzene rings is 1. The molecule has 1 aliphatic carbocycles. The lowest BCUT2D eigenvalue weighted by atomic mass is 9.89. The smallest absolute Gasteiger partial charge is 0.227 e. The summed E-state index contributed by atoms with van der Waals surface area (Å²) in [6.07, 6.45) is 9.11. The highest BCUT2D eigenvalue weighted by Crippen LogP contribution is 2.32. The van der Waals surface area contributed by atoms with Crippen LogP contribution in [0.15, 0.2) is 36.7 Å². The first kappa shape index (κ1) is 21.8. The van der Waals surface area contributed by atoms with Gasteiger partial charge in [0.1, 0.15) is 5.82 Å². The Bertz CT molecular complexity index is 821. The Balaban J connectivity index is 0.00000240. The highest BCUT2D eigenvalue weighted by molar-refractivity contribution is 5.85. The number of hydrogen-bond acceptors (Lipinski definition) is 3. The molecule has 0 spiro atoms. The average Bonchev–Trinajstić information content (AvgIpc) is 3.43. The fraction of sp³-hybridized carbons (Fsp3) is 0.545. The van der Waals surface area contributed by atoms with Gasteiger partial charge in [0.2, 0.25) is 5.91 Å². The molecule has 7 heteroatoms. The van der Waals surface area contributed by atoms with Crippen LogP contribution in [0.25, 0.3) is 0 Å². The van der Waals surface area contributed by atoms with Gasteiger partial charge < -0.3 is 10.2 Å². The Morgan fingerprint density at radius 3 is 2.79 bits per heavy atom.